The van der Waals surface area contributed by atoms with Crippen LogP contribution in [0.3, 0.4) is 0 Å². The summed E-state index contributed by atoms with van der Waals surface area (Å²) >= 11 is 0. The second-order valence-electron chi connectivity index (χ2n) is 6.75. The molecule has 1 aliphatic rings. The molecule has 130 valence electrons. The van der Waals surface area contributed by atoms with Crippen molar-refractivity contribution >= 4 is 11.1 Å². The van der Waals surface area contributed by atoms with E-state index >= 15 is 0 Å². The summed E-state index contributed by atoms with van der Waals surface area (Å²) in [7, 11) is 0. The summed E-state index contributed by atoms with van der Waals surface area (Å²) in [5, 5.41) is 0. The number of ether oxygens (including phenoxy) is 1. The van der Waals surface area contributed by atoms with Crippen molar-refractivity contribution in [2.75, 3.05) is 13.1 Å². The van der Waals surface area contributed by atoms with Gasteiger partial charge in [-0.3, -0.25) is 4.90 Å². The van der Waals surface area contributed by atoms with Crippen molar-refractivity contribution in [1.29, 1.82) is 0 Å². The van der Waals surface area contributed by atoms with Crippen LogP contribution in [0.2, 0.25) is 0 Å². The molecule has 0 aliphatic carbocycles. The SMILES string of the molecule is C[C@@H]1CN(Cc2ccc3oc(-c4ccccc4F)nc3c2)C[C@H](C)O1. The highest BCUT2D eigenvalue weighted by Crippen LogP contribution is 2.27. The fourth-order valence-corrected chi connectivity index (χ4v) is 3.49. The molecule has 0 spiro atoms. The Morgan fingerprint density at radius 2 is 1.88 bits per heavy atom. The summed E-state index contributed by atoms with van der Waals surface area (Å²) in [6.45, 7) is 6.88. The van der Waals surface area contributed by atoms with Crippen molar-refractivity contribution in [3.63, 3.8) is 0 Å². The molecule has 2 aromatic carbocycles. The van der Waals surface area contributed by atoms with Crippen molar-refractivity contribution in [2.24, 2.45) is 0 Å². The van der Waals surface area contributed by atoms with Crippen LogP contribution in [0.1, 0.15) is 19.4 Å². The van der Waals surface area contributed by atoms with Gasteiger partial charge in [0.1, 0.15) is 11.3 Å². The monoisotopic (exact) mass is 340 g/mol. The van der Waals surface area contributed by atoms with E-state index in [-0.39, 0.29) is 18.0 Å². The minimum atomic E-state index is -0.328. The number of aromatic nitrogens is 1. The lowest BCUT2D eigenvalue weighted by Gasteiger charge is -2.35. The highest BCUT2D eigenvalue weighted by molar-refractivity contribution is 5.77. The highest BCUT2D eigenvalue weighted by atomic mass is 19.1. The number of benzene rings is 2. The molecular weight excluding hydrogens is 319 g/mol. The van der Waals surface area contributed by atoms with E-state index in [4.69, 9.17) is 9.15 Å². The van der Waals surface area contributed by atoms with E-state index in [2.05, 4.69) is 23.7 Å². The van der Waals surface area contributed by atoms with Crippen LogP contribution in [-0.2, 0) is 11.3 Å². The number of hydrogen-bond donors (Lipinski definition) is 0. The standard InChI is InChI=1S/C20H21FN2O2/c1-13-10-23(11-14(2)24-13)12-15-7-8-19-18(9-15)22-20(25-19)16-5-3-4-6-17(16)21/h3-9,13-14H,10-12H2,1-2H3/t13-,14+. The molecule has 4 nitrogen and oxygen atoms in total. The molecule has 2 atom stereocenters. The van der Waals surface area contributed by atoms with Crippen molar-refractivity contribution < 1.29 is 13.5 Å². The second kappa shape index (κ2) is 6.58. The molecule has 5 heteroatoms. The van der Waals surface area contributed by atoms with Crippen LogP contribution >= 0.6 is 0 Å². The minimum absolute atomic E-state index is 0.243. The van der Waals surface area contributed by atoms with Gasteiger partial charge in [0, 0.05) is 19.6 Å². The third-order valence-electron chi connectivity index (χ3n) is 4.46. The first kappa shape index (κ1) is 16.2. The molecule has 0 unspecified atom stereocenters. The molecule has 0 amide bonds. The zero-order chi connectivity index (χ0) is 17.4. The molecule has 25 heavy (non-hydrogen) atoms. The first-order valence-electron chi connectivity index (χ1n) is 8.60. The van der Waals surface area contributed by atoms with Gasteiger partial charge in [0.2, 0.25) is 5.89 Å². The van der Waals surface area contributed by atoms with E-state index < -0.39 is 0 Å². The van der Waals surface area contributed by atoms with E-state index in [1.54, 1.807) is 18.2 Å². The van der Waals surface area contributed by atoms with Gasteiger partial charge in [-0.15, -0.1) is 0 Å². The Bertz CT molecular complexity index is 882. The number of morpholine rings is 1. The number of halogens is 1. The largest absolute Gasteiger partial charge is 0.436 e. The van der Waals surface area contributed by atoms with E-state index in [0.717, 1.165) is 25.2 Å². The van der Waals surface area contributed by atoms with Gasteiger partial charge < -0.3 is 9.15 Å². The average Bonchev–Trinajstić information content (AvgIpc) is 2.97. The molecule has 3 aromatic rings. The molecule has 1 aromatic heterocycles. The van der Waals surface area contributed by atoms with Crippen molar-refractivity contribution in [1.82, 2.24) is 9.88 Å². The van der Waals surface area contributed by atoms with Gasteiger partial charge in [0.15, 0.2) is 5.58 Å². The van der Waals surface area contributed by atoms with Gasteiger partial charge in [-0.1, -0.05) is 18.2 Å². The number of oxazole rings is 1. The van der Waals surface area contributed by atoms with Gasteiger partial charge in [-0.2, -0.15) is 0 Å². The maximum atomic E-state index is 13.9. The summed E-state index contributed by atoms with van der Waals surface area (Å²) in [6, 6.07) is 12.5. The summed E-state index contributed by atoms with van der Waals surface area (Å²) in [6.07, 6.45) is 0.486. The summed E-state index contributed by atoms with van der Waals surface area (Å²) < 4.78 is 25.5. The van der Waals surface area contributed by atoms with Gasteiger partial charge >= 0.3 is 0 Å². The van der Waals surface area contributed by atoms with E-state index in [9.17, 15) is 4.39 Å². The maximum absolute atomic E-state index is 13.9. The fourth-order valence-electron chi connectivity index (χ4n) is 3.49. The van der Waals surface area contributed by atoms with Crippen LogP contribution in [0.25, 0.3) is 22.6 Å². The fraction of sp³-hybridized carbons (Fsp3) is 0.350. The normalized spacial score (nSPS) is 21.7. The molecular formula is C20H21FN2O2. The van der Waals surface area contributed by atoms with Crippen LogP contribution in [0.5, 0.6) is 0 Å². The Balaban J connectivity index is 1.59. The molecule has 1 saturated heterocycles. The predicted octanol–water partition coefficient (Wildman–Crippen LogP) is 4.24. The third kappa shape index (κ3) is 3.43. The van der Waals surface area contributed by atoms with Crippen LogP contribution in [0.4, 0.5) is 4.39 Å². The van der Waals surface area contributed by atoms with Gasteiger partial charge in [-0.25, -0.2) is 9.37 Å². The Hall–Kier alpha value is -2.24. The summed E-state index contributed by atoms with van der Waals surface area (Å²) in [4.78, 5) is 6.86. The molecule has 0 N–H and O–H groups in total. The molecule has 0 saturated carbocycles. The number of fused-ring (bicyclic) bond motifs is 1. The van der Waals surface area contributed by atoms with Crippen LogP contribution < -0.4 is 0 Å². The van der Waals surface area contributed by atoms with Gasteiger partial charge in [0.25, 0.3) is 0 Å². The molecule has 0 bridgehead atoms. The Kier molecular flexibility index (Phi) is 4.27. The number of rotatable bonds is 3. The summed E-state index contributed by atoms with van der Waals surface area (Å²) in [5.74, 6) is -0.00978. The Morgan fingerprint density at radius 3 is 2.64 bits per heavy atom. The Morgan fingerprint density at radius 1 is 1.12 bits per heavy atom. The first-order chi connectivity index (χ1) is 12.1. The van der Waals surface area contributed by atoms with E-state index in [1.165, 1.54) is 11.6 Å². The first-order valence-corrected chi connectivity index (χ1v) is 8.60. The average molecular weight is 340 g/mol. The highest BCUT2D eigenvalue weighted by Gasteiger charge is 2.22. The van der Waals surface area contributed by atoms with Gasteiger partial charge in [-0.05, 0) is 43.7 Å². The third-order valence-corrected chi connectivity index (χ3v) is 4.46. The quantitative estimate of drug-likeness (QED) is 0.715. The lowest BCUT2D eigenvalue weighted by Crippen LogP contribution is -2.44. The maximum Gasteiger partial charge on any atom is 0.230 e. The van der Waals surface area contributed by atoms with Gasteiger partial charge in [0.05, 0.1) is 17.8 Å². The lowest BCUT2D eigenvalue weighted by atomic mass is 10.1. The zero-order valence-corrected chi connectivity index (χ0v) is 14.4. The van der Waals surface area contributed by atoms with Crippen LogP contribution in [0, 0.1) is 5.82 Å². The minimum Gasteiger partial charge on any atom is -0.436 e. The number of nitrogens with zero attached hydrogens (tertiary/aromatic N) is 2. The van der Waals surface area contributed by atoms with Crippen molar-refractivity contribution in [3.05, 3.63) is 53.8 Å². The summed E-state index contributed by atoms with van der Waals surface area (Å²) in [5.41, 5.74) is 2.98. The molecule has 4 rings (SSSR count). The van der Waals surface area contributed by atoms with Crippen molar-refractivity contribution in [2.45, 2.75) is 32.6 Å². The molecule has 0 radical (unpaired) electrons. The van der Waals surface area contributed by atoms with Crippen LogP contribution in [-0.4, -0.2) is 35.2 Å². The van der Waals surface area contributed by atoms with E-state index in [1.807, 2.05) is 18.2 Å². The van der Waals surface area contributed by atoms with Crippen molar-refractivity contribution in [3.8, 4) is 11.5 Å². The second-order valence-corrected chi connectivity index (χ2v) is 6.75. The lowest BCUT2D eigenvalue weighted by molar-refractivity contribution is -0.0704. The topological polar surface area (TPSA) is 38.5 Å². The smallest absolute Gasteiger partial charge is 0.230 e. The van der Waals surface area contributed by atoms with E-state index in [0.29, 0.717) is 17.0 Å². The molecule has 1 fully saturated rings. The zero-order valence-electron chi connectivity index (χ0n) is 14.4. The Labute approximate surface area is 146 Å². The van der Waals surface area contributed by atoms with Crippen LogP contribution in [0.15, 0.2) is 46.9 Å². The molecule has 2 heterocycles. The predicted molar refractivity (Wildman–Crippen MR) is 94.7 cm³/mol. The number of hydrogen-bond acceptors (Lipinski definition) is 4. The molecule has 1 aliphatic heterocycles.